The van der Waals surface area contributed by atoms with E-state index in [0.717, 1.165) is 22.3 Å². The zero-order valence-electron chi connectivity index (χ0n) is 17.8. The van der Waals surface area contributed by atoms with E-state index in [9.17, 15) is 14.4 Å². The molecule has 2 amide bonds. The van der Waals surface area contributed by atoms with Crippen molar-refractivity contribution in [3.05, 3.63) is 59.7 Å². The van der Waals surface area contributed by atoms with Crippen molar-refractivity contribution < 1.29 is 24.2 Å². The molecular weight excluding hydrogens is 398 g/mol. The molecule has 1 aliphatic rings. The van der Waals surface area contributed by atoms with Crippen LogP contribution >= 0.6 is 0 Å². The van der Waals surface area contributed by atoms with Gasteiger partial charge < -0.3 is 25.4 Å². The van der Waals surface area contributed by atoms with Gasteiger partial charge in [-0.25, -0.2) is 4.79 Å². The Morgan fingerprint density at radius 1 is 1.00 bits per heavy atom. The predicted molar refractivity (Wildman–Crippen MR) is 116 cm³/mol. The summed E-state index contributed by atoms with van der Waals surface area (Å²) in [5, 5.41) is 13.9. The van der Waals surface area contributed by atoms with Gasteiger partial charge in [0.25, 0.3) is 0 Å². The number of ether oxygens (including phenoxy) is 1. The third-order valence-corrected chi connectivity index (χ3v) is 5.23. The predicted octanol–water partition coefficient (Wildman–Crippen LogP) is 2.04. The number of carboxylic acids is 1. The number of benzene rings is 2. The van der Waals surface area contributed by atoms with Gasteiger partial charge in [-0.2, -0.15) is 0 Å². The second-order valence-electron chi connectivity index (χ2n) is 7.85. The standard InChI is InChI=1S/C23H27N3O5/c1-14(22(28)29)24-21(27)20(12-26(2)3)25-23(30)31-13-19-17-10-6-4-8-15(17)16-9-5-7-11-18(16)19/h4-11,14,19-20H,12-13H2,1-3H3,(H,24,27)(H,25,30)(H,28,29)/t14-,20-/m0/s1. The summed E-state index contributed by atoms with van der Waals surface area (Å²) in [5.74, 6) is -1.83. The Balaban J connectivity index is 1.66. The molecule has 8 heteroatoms. The molecule has 2 aromatic carbocycles. The number of alkyl carbamates (subject to hydrolysis) is 1. The molecule has 2 aromatic rings. The molecule has 0 aliphatic heterocycles. The summed E-state index contributed by atoms with van der Waals surface area (Å²) in [6.07, 6.45) is -0.730. The summed E-state index contributed by atoms with van der Waals surface area (Å²) in [5.41, 5.74) is 4.43. The van der Waals surface area contributed by atoms with Crippen LogP contribution in [0.2, 0.25) is 0 Å². The molecule has 3 rings (SSSR count). The lowest BCUT2D eigenvalue weighted by Crippen LogP contribution is -2.54. The Hall–Kier alpha value is -3.39. The zero-order chi connectivity index (χ0) is 22.5. The van der Waals surface area contributed by atoms with Crippen molar-refractivity contribution in [2.45, 2.75) is 24.9 Å². The normalized spacial score (nSPS) is 14.3. The van der Waals surface area contributed by atoms with Crippen molar-refractivity contribution in [3.8, 4) is 11.1 Å². The Bertz CT molecular complexity index is 930. The summed E-state index contributed by atoms with van der Waals surface area (Å²) in [7, 11) is 3.50. The molecule has 3 N–H and O–H groups in total. The maximum absolute atomic E-state index is 12.5. The number of hydrogen-bond donors (Lipinski definition) is 3. The van der Waals surface area contributed by atoms with Crippen molar-refractivity contribution in [1.82, 2.24) is 15.5 Å². The number of rotatable bonds is 8. The molecule has 164 valence electrons. The Morgan fingerprint density at radius 3 is 2.06 bits per heavy atom. The molecule has 0 radical (unpaired) electrons. The first-order valence-electron chi connectivity index (χ1n) is 10.1. The van der Waals surface area contributed by atoms with Gasteiger partial charge in [0.1, 0.15) is 18.7 Å². The molecule has 31 heavy (non-hydrogen) atoms. The van der Waals surface area contributed by atoms with Crippen LogP contribution in [0.4, 0.5) is 4.79 Å². The van der Waals surface area contributed by atoms with Gasteiger partial charge in [0.2, 0.25) is 5.91 Å². The summed E-state index contributed by atoms with van der Waals surface area (Å²) in [6.45, 7) is 1.68. The fourth-order valence-electron chi connectivity index (χ4n) is 3.72. The number of carbonyl (C=O) groups excluding carboxylic acids is 2. The highest BCUT2D eigenvalue weighted by atomic mass is 16.5. The largest absolute Gasteiger partial charge is 0.480 e. The van der Waals surface area contributed by atoms with Gasteiger partial charge in [-0.1, -0.05) is 48.5 Å². The summed E-state index contributed by atoms with van der Waals surface area (Å²) < 4.78 is 5.49. The van der Waals surface area contributed by atoms with E-state index in [2.05, 4.69) is 22.8 Å². The highest BCUT2D eigenvalue weighted by Crippen LogP contribution is 2.44. The number of likely N-dealkylation sites (N-methyl/N-ethyl adjacent to an activating group) is 1. The lowest BCUT2D eigenvalue weighted by atomic mass is 9.98. The molecule has 0 unspecified atom stereocenters. The van der Waals surface area contributed by atoms with Crippen molar-refractivity contribution in [3.63, 3.8) is 0 Å². The lowest BCUT2D eigenvalue weighted by Gasteiger charge is -2.23. The minimum atomic E-state index is -1.15. The minimum absolute atomic E-state index is 0.0914. The topological polar surface area (TPSA) is 108 Å². The fourth-order valence-corrected chi connectivity index (χ4v) is 3.72. The third kappa shape index (κ3) is 5.21. The molecule has 0 aromatic heterocycles. The van der Waals surface area contributed by atoms with Gasteiger partial charge >= 0.3 is 12.1 Å². The molecule has 8 nitrogen and oxygen atoms in total. The summed E-state index contributed by atoms with van der Waals surface area (Å²) >= 11 is 0. The van der Waals surface area contributed by atoms with E-state index in [1.807, 2.05) is 36.4 Å². The van der Waals surface area contributed by atoms with Crippen LogP contribution in [0.3, 0.4) is 0 Å². The Morgan fingerprint density at radius 2 is 1.55 bits per heavy atom. The highest BCUT2D eigenvalue weighted by Gasteiger charge is 2.30. The molecule has 0 saturated carbocycles. The average Bonchev–Trinajstić information content (AvgIpc) is 3.05. The maximum atomic E-state index is 12.5. The van der Waals surface area contributed by atoms with E-state index in [0.29, 0.717) is 0 Å². The number of nitrogens with one attached hydrogen (secondary N) is 2. The van der Waals surface area contributed by atoms with Crippen LogP contribution in [0.15, 0.2) is 48.5 Å². The first-order valence-corrected chi connectivity index (χ1v) is 10.1. The molecule has 0 fully saturated rings. The van der Waals surface area contributed by atoms with Crippen LogP contribution in [0.25, 0.3) is 11.1 Å². The van der Waals surface area contributed by atoms with Crippen LogP contribution in [-0.4, -0.2) is 67.3 Å². The van der Waals surface area contributed by atoms with Crippen LogP contribution in [0, 0.1) is 0 Å². The summed E-state index contributed by atoms with van der Waals surface area (Å²) in [4.78, 5) is 37.7. The molecule has 0 spiro atoms. The monoisotopic (exact) mass is 425 g/mol. The molecule has 2 atom stereocenters. The maximum Gasteiger partial charge on any atom is 0.407 e. The number of carboxylic acid groups (broad SMARTS) is 1. The van der Waals surface area contributed by atoms with E-state index in [1.54, 1.807) is 19.0 Å². The van der Waals surface area contributed by atoms with Crippen molar-refractivity contribution in [2.24, 2.45) is 0 Å². The Labute approximate surface area is 181 Å². The first-order chi connectivity index (χ1) is 14.8. The van der Waals surface area contributed by atoms with Gasteiger partial charge in [-0.15, -0.1) is 0 Å². The van der Waals surface area contributed by atoms with Crippen LogP contribution in [0.5, 0.6) is 0 Å². The van der Waals surface area contributed by atoms with Crippen LogP contribution in [0.1, 0.15) is 24.0 Å². The minimum Gasteiger partial charge on any atom is -0.480 e. The van der Waals surface area contributed by atoms with Crippen molar-refractivity contribution >= 4 is 18.0 Å². The van der Waals surface area contributed by atoms with Gasteiger partial charge in [-0.3, -0.25) is 9.59 Å². The van der Waals surface area contributed by atoms with E-state index >= 15 is 0 Å². The number of nitrogens with zero attached hydrogens (tertiary/aromatic N) is 1. The average molecular weight is 425 g/mol. The smallest absolute Gasteiger partial charge is 0.407 e. The molecule has 0 heterocycles. The lowest BCUT2D eigenvalue weighted by molar-refractivity contribution is -0.141. The summed E-state index contributed by atoms with van der Waals surface area (Å²) in [6, 6.07) is 14.0. The van der Waals surface area contributed by atoms with E-state index < -0.39 is 30.1 Å². The van der Waals surface area contributed by atoms with E-state index in [4.69, 9.17) is 9.84 Å². The highest BCUT2D eigenvalue weighted by molar-refractivity contribution is 5.89. The van der Waals surface area contributed by atoms with E-state index in [-0.39, 0.29) is 19.1 Å². The molecule has 0 bridgehead atoms. The zero-order valence-corrected chi connectivity index (χ0v) is 17.8. The number of amides is 2. The van der Waals surface area contributed by atoms with Crippen molar-refractivity contribution in [2.75, 3.05) is 27.2 Å². The van der Waals surface area contributed by atoms with Crippen molar-refractivity contribution in [1.29, 1.82) is 0 Å². The van der Waals surface area contributed by atoms with Crippen LogP contribution in [-0.2, 0) is 14.3 Å². The van der Waals surface area contributed by atoms with Crippen LogP contribution < -0.4 is 10.6 Å². The number of aliphatic carboxylic acids is 1. The SMILES string of the molecule is C[C@H](NC(=O)[C@H](CN(C)C)NC(=O)OCC1c2ccccc2-c2ccccc21)C(=O)O. The number of fused-ring (bicyclic) bond motifs is 3. The second-order valence-corrected chi connectivity index (χ2v) is 7.85. The van der Waals surface area contributed by atoms with Gasteiger partial charge in [-0.05, 0) is 43.3 Å². The number of carbonyl (C=O) groups is 3. The van der Waals surface area contributed by atoms with Gasteiger partial charge in [0.05, 0.1) is 0 Å². The van der Waals surface area contributed by atoms with Gasteiger partial charge in [0.15, 0.2) is 0 Å². The quantitative estimate of drug-likeness (QED) is 0.597. The third-order valence-electron chi connectivity index (χ3n) is 5.23. The molecule has 1 aliphatic carbocycles. The fraction of sp³-hybridized carbons (Fsp3) is 0.348. The van der Waals surface area contributed by atoms with E-state index in [1.165, 1.54) is 6.92 Å². The first kappa shape index (κ1) is 22.3. The Kier molecular flexibility index (Phi) is 6.91. The molecule has 0 saturated heterocycles. The molecular formula is C23H27N3O5. The van der Waals surface area contributed by atoms with Gasteiger partial charge in [0, 0.05) is 12.5 Å². The second kappa shape index (κ2) is 9.61. The number of hydrogen-bond acceptors (Lipinski definition) is 5.